The quantitative estimate of drug-likeness (QED) is 0.477. The smallest absolute Gasteiger partial charge is 0.134 e. The maximum atomic E-state index is 9.62. The van der Waals surface area contributed by atoms with Crippen LogP contribution in [0.25, 0.3) is 22.9 Å². The molecule has 2 aromatic carbocycles. The number of aromatic nitrogens is 1. The monoisotopic (exact) mass is 387 g/mol. The van der Waals surface area contributed by atoms with E-state index in [1.54, 1.807) is 0 Å². The minimum Gasteiger partial charge on any atom is -0.378 e. The van der Waals surface area contributed by atoms with Gasteiger partial charge in [-0.2, -0.15) is 5.26 Å². The van der Waals surface area contributed by atoms with Crippen molar-refractivity contribution in [3.63, 3.8) is 0 Å². The molecule has 0 radical (unpaired) electrons. The van der Waals surface area contributed by atoms with Crippen LogP contribution < -0.4 is 4.90 Å². The van der Waals surface area contributed by atoms with E-state index in [1.165, 1.54) is 16.9 Å². The molecule has 0 aliphatic rings. The lowest BCUT2D eigenvalue weighted by molar-refractivity contribution is 0.647. The summed E-state index contributed by atoms with van der Waals surface area (Å²) in [6.07, 6.45) is 2.98. The number of nitriles is 1. The van der Waals surface area contributed by atoms with E-state index in [1.807, 2.05) is 49.8 Å². The molecule has 3 rings (SSSR count). The van der Waals surface area contributed by atoms with E-state index in [-0.39, 0.29) is 0 Å². The van der Waals surface area contributed by atoms with Gasteiger partial charge in [0.15, 0.2) is 0 Å². The van der Waals surface area contributed by atoms with Crippen LogP contribution in [0.1, 0.15) is 30.0 Å². The molecule has 4 heteroatoms. The number of rotatable bonds is 6. The summed E-state index contributed by atoms with van der Waals surface area (Å²) in [5.74, 6) is 0.645. The van der Waals surface area contributed by atoms with Crippen LogP contribution in [0.4, 0.5) is 5.69 Å². The predicted octanol–water partition coefficient (Wildman–Crippen LogP) is 6.14. The van der Waals surface area contributed by atoms with Crippen molar-refractivity contribution in [2.75, 3.05) is 19.0 Å². The van der Waals surface area contributed by atoms with Gasteiger partial charge in [-0.25, -0.2) is 4.98 Å². The second-order valence-corrected chi connectivity index (χ2v) is 8.35. The normalized spacial score (nSPS) is 11.5. The first kappa shape index (κ1) is 19.9. The average molecular weight is 388 g/mol. The SMILES string of the molecule is CC(C)Cc1ccc(-c2csc(/C(C#N)=C\c3ccc(N(C)C)cc3)n2)cc1. The van der Waals surface area contributed by atoms with E-state index < -0.39 is 0 Å². The predicted molar refractivity (Wildman–Crippen MR) is 120 cm³/mol. The van der Waals surface area contributed by atoms with Crippen molar-refractivity contribution in [1.29, 1.82) is 5.26 Å². The molecule has 142 valence electrons. The van der Waals surface area contributed by atoms with Crippen LogP contribution >= 0.6 is 11.3 Å². The Bertz CT molecular complexity index is 988. The van der Waals surface area contributed by atoms with Gasteiger partial charge >= 0.3 is 0 Å². The van der Waals surface area contributed by atoms with E-state index >= 15 is 0 Å². The summed E-state index contributed by atoms with van der Waals surface area (Å²) in [4.78, 5) is 6.76. The maximum absolute atomic E-state index is 9.62. The molecule has 0 saturated carbocycles. The third kappa shape index (κ3) is 4.88. The third-order valence-electron chi connectivity index (χ3n) is 4.47. The Balaban J connectivity index is 1.82. The number of thiazole rings is 1. The highest BCUT2D eigenvalue weighted by molar-refractivity contribution is 7.11. The fraction of sp³-hybridized carbons (Fsp3) is 0.250. The zero-order valence-corrected chi connectivity index (χ0v) is 17.6. The van der Waals surface area contributed by atoms with Gasteiger partial charge in [0.05, 0.1) is 11.3 Å². The Hall–Kier alpha value is -2.90. The van der Waals surface area contributed by atoms with E-state index in [9.17, 15) is 5.26 Å². The number of nitrogens with zero attached hydrogens (tertiary/aromatic N) is 3. The Kier molecular flexibility index (Phi) is 6.28. The van der Waals surface area contributed by atoms with Gasteiger partial charge in [0.25, 0.3) is 0 Å². The standard InChI is InChI=1S/C24H25N3S/c1-17(2)13-18-5-9-20(10-6-18)23-16-28-24(26-23)21(15-25)14-19-7-11-22(12-8-19)27(3)4/h5-12,14,16-17H,13H2,1-4H3/b21-14-. The molecule has 0 fully saturated rings. The molecule has 1 heterocycles. The summed E-state index contributed by atoms with van der Waals surface area (Å²) in [6.45, 7) is 4.45. The van der Waals surface area contributed by atoms with Gasteiger partial charge in [-0.05, 0) is 41.7 Å². The summed E-state index contributed by atoms with van der Waals surface area (Å²) in [5.41, 5.74) is 6.06. The molecule has 0 saturated heterocycles. The van der Waals surface area contributed by atoms with Crippen LogP contribution in [0.5, 0.6) is 0 Å². The van der Waals surface area contributed by atoms with Gasteiger partial charge in [0.1, 0.15) is 11.1 Å². The minimum absolute atomic E-state index is 0.588. The molecule has 3 nitrogen and oxygen atoms in total. The number of hydrogen-bond acceptors (Lipinski definition) is 4. The fourth-order valence-corrected chi connectivity index (χ4v) is 3.78. The molecular formula is C24H25N3S. The Labute approximate surface area is 171 Å². The Morgan fingerprint density at radius 1 is 1.11 bits per heavy atom. The largest absolute Gasteiger partial charge is 0.378 e. The lowest BCUT2D eigenvalue weighted by Crippen LogP contribution is -2.07. The van der Waals surface area contributed by atoms with E-state index in [4.69, 9.17) is 4.98 Å². The molecular weight excluding hydrogens is 362 g/mol. The number of hydrogen-bond donors (Lipinski definition) is 0. The number of allylic oxidation sites excluding steroid dienone is 1. The van der Waals surface area contributed by atoms with Crippen LogP contribution in [0.3, 0.4) is 0 Å². The van der Waals surface area contributed by atoms with Crippen LogP contribution in [0, 0.1) is 17.2 Å². The molecule has 0 aliphatic heterocycles. The van der Waals surface area contributed by atoms with Gasteiger partial charge in [0, 0.05) is 30.7 Å². The summed E-state index contributed by atoms with van der Waals surface area (Å²) >= 11 is 1.51. The summed E-state index contributed by atoms with van der Waals surface area (Å²) in [5, 5.41) is 12.4. The molecule has 0 amide bonds. The molecule has 0 atom stereocenters. The minimum atomic E-state index is 0.588. The zero-order chi connectivity index (χ0) is 20.1. The fourth-order valence-electron chi connectivity index (χ4n) is 2.99. The van der Waals surface area contributed by atoms with Crippen molar-refractivity contribution in [2.45, 2.75) is 20.3 Å². The zero-order valence-electron chi connectivity index (χ0n) is 16.8. The first-order chi connectivity index (χ1) is 13.5. The second-order valence-electron chi connectivity index (χ2n) is 7.49. The van der Waals surface area contributed by atoms with Crippen LogP contribution in [0.15, 0.2) is 53.9 Å². The molecule has 0 unspecified atom stereocenters. The first-order valence-electron chi connectivity index (χ1n) is 9.40. The summed E-state index contributed by atoms with van der Waals surface area (Å²) in [7, 11) is 4.02. The highest BCUT2D eigenvalue weighted by Crippen LogP contribution is 2.28. The summed E-state index contributed by atoms with van der Waals surface area (Å²) in [6, 6.07) is 19.0. The molecule has 0 N–H and O–H groups in total. The first-order valence-corrected chi connectivity index (χ1v) is 10.3. The number of benzene rings is 2. The van der Waals surface area contributed by atoms with Gasteiger partial charge in [-0.1, -0.05) is 50.2 Å². The summed E-state index contributed by atoms with van der Waals surface area (Å²) < 4.78 is 0. The maximum Gasteiger partial charge on any atom is 0.134 e. The van der Waals surface area contributed by atoms with Crippen molar-refractivity contribution in [3.05, 3.63) is 70.0 Å². The molecule has 3 aromatic rings. The van der Waals surface area contributed by atoms with Crippen molar-refractivity contribution in [2.24, 2.45) is 5.92 Å². The highest BCUT2D eigenvalue weighted by atomic mass is 32.1. The molecule has 0 bridgehead atoms. The van der Waals surface area contributed by atoms with Crippen LogP contribution in [-0.4, -0.2) is 19.1 Å². The van der Waals surface area contributed by atoms with Crippen molar-refractivity contribution >= 4 is 28.7 Å². The molecule has 0 aliphatic carbocycles. The van der Waals surface area contributed by atoms with Crippen molar-refractivity contribution in [1.82, 2.24) is 4.98 Å². The lowest BCUT2D eigenvalue weighted by Gasteiger charge is -2.11. The van der Waals surface area contributed by atoms with E-state index in [0.717, 1.165) is 33.9 Å². The topological polar surface area (TPSA) is 39.9 Å². The lowest BCUT2D eigenvalue weighted by atomic mass is 10.0. The van der Waals surface area contributed by atoms with Crippen LogP contribution in [-0.2, 0) is 6.42 Å². The highest BCUT2D eigenvalue weighted by Gasteiger charge is 2.10. The van der Waals surface area contributed by atoms with Gasteiger partial charge in [0.2, 0.25) is 0 Å². The number of anilines is 1. The molecule has 0 spiro atoms. The van der Waals surface area contributed by atoms with Gasteiger partial charge < -0.3 is 4.90 Å². The molecule has 28 heavy (non-hydrogen) atoms. The second kappa shape index (κ2) is 8.86. The van der Waals surface area contributed by atoms with E-state index in [0.29, 0.717) is 11.5 Å². The van der Waals surface area contributed by atoms with E-state index in [2.05, 4.69) is 49.1 Å². The van der Waals surface area contributed by atoms with Gasteiger partial charge in [-0.3, -0.25) is 0 Å². The average Bonchev–Trinajstić information content (AvgIpc) is 3.16. The van der Waals surface area contributed by atoms with Crippen molar-refractivity contribution in [3.8, 4) is 17.3 Å². The molecule has 1 aromatic heterocycles. The van der Waals surface area contributed by atoms with Crippen LogP contribution in [0.2, 0.25) is 0 Å². The van der Waals surface area contributed by atoms with Gasteiger partial charge in [-0.15, -0.1) is 11.3 Å². The Morgan fingerprint density at radius 2 is 1.79 bits per heavy atom. The Morgan fingerprint density at radius 3 is 2.36 bits per heavy atom. The third-order valence-corrected chi connectivity index (χ3v) is 5.34. The van der Waals surface area contributed by atoms with Crippen molar-refractivity contribution < 1.29 is 0 Å².